The summed E-state index contributed by atoms with van der Waals surface area (Å²) in [5.41, 5.74) is 0.433. The van der Waals surface area contributed by atoms with Crippen LogP contribution in [0.5, 0.6) is 5.75 Å². The Balaban J connectivity index is 1.77. The number of ether oxygens (including phenoxy) is 1. The van der Waals surface area contributed by atoms with Crippen LogP contribution in [0.1, 0.15) is 43.7 Å². The lowest BCUT2D eigenvalue weighted by Gasteiger charge is -2.63. The molecule has 6 heteroatoms. The topological polar surface area (TPSA) is 75.0 Å². The van der Waals surface area contributed by atoms with Crippen LogP contribution >= 0.6 is 15.9 Å². The first-order valence-corrected chi connectivity index (χ1v) is 9.55. The molecule has 0 bridgehead atoms. The van der Waals surface area contributed by atoms with E-state index in [1.54, 1.807) is 36.5 Å². The molecule has 1 N–H and O–H groups in total. The number of nitriles is 1. The Hall–Kier alpha value is -2.39. The standard InChI is InChI=1S/C21H22BrN3O2/c1-20(2)18(25-17(26)16-7-5-6-10-24-16)21(3,4)19(20)27-14-9-8-13(12-23)15(22)11-14/h5-11,18-19H,1-4H3,(H,25,26). The second kappa shape index (κ2) is 6.97. The fraction of sp³-hybridized carbons (Fsp3) is 0.381. The Morgan fingerprint density at radius 1 is 1.22 bits per heavy atom. The molecule has 5 nitrogen and oxygen atoms in total. The van der Waals surface area contributed by atoms with Crippen LogP contribution < -0.4 is 10.1 Å². The highest BCUT2D eigenvalue weighted by Crippen LogP contribution is 2.55. The van der Waals surface area contributed by atoms with Gasteiger partial charge < -0.3 is 10.1 Å². The van der Waals surface area contributed by atoms with E-state index in [0.717, 1.165) is 0 Å². The highest BCUT2D eigenvalue weighted by atomic mass is 79.9. The monoisotopic (exact) mass is 427 g/mol. The first-order valence-electron chi connectivity index (χ1n) is 8.76. The number of carbonyl (C=O) groups excluding carboxylic acids is 1. The molecule has 27 heavy (non-hydrogen) atoms. The Kier molecular flexibility index (Phi) is 5.00. The number of pyridine rings is 1. The van der Waals surface area contributed by atoms with E-state index in [1.165, 1.54) is 0 Å². The Labute approximate surface area is 167 Å². The molecule has 1 heterocycles. The molecule has 0 atom stereocenters. The molecule has 1 aliphatic rings. The van der Waals surface area contributed by atoms with Crippen molar-refractivity contribution in [1.82, 2.24) is 10.3 Å². The van der Waals surface area contributed by atoms with E-state index < -0.39 is 0 Å². The fourth-order valence-electron chi connectivity index (χ4n) is 4.30. The van der Waals surface area contributed by atoms with E-state index >= 15 is 0 Å². The molecule has 1 amide bonds. The zero-order valence-corrected chi connectivity index (χ0v) is 17.4. The van der Waals surface area contributed by atoms with Crippen LogP contribution in [0.3, 0.4) is 0 Å². The minimum Gasteiger partial charge on any atom is -0.489 e. The predicted molar refractivity (Wildman–Crippen MR) is 106 cm³/mol. The molecule has 0 spiro atoms. The number of halogens is 1. The fourth-order valence-corrected chi connectivity index (χ4v) is 4.74. The summed E-state index contributed by atoms with van der Waals surface area (Å²) in [5.74, 6) is 0.517. The van der Waals surface area contributed by atoms with Gasteiger partial charge in [-0.2, -0.15) is 5.26 Å². The van der Waals surface area contributed by atoms with Gasteiger partial charge in [0.2, 0.25) is 0 Å². The number of rotatable bonds is 4. The van der Waals surface area contributed by atoms with E-state index in [-0.39, 0.29) is 28.9 Å². The largest absolute Gasteiger partial charge is 0.489 e. The van der Waals surface area contributed by atoms with E-state index in [0.29, 0.717) is 21.5 Å². The lowest BCUT2D eigenvalue weighted by molar-refractivity contribution is -0.164. The van der Waals surface area contributed by atoms with E-state index in [2.05, 4.69) is 60.0 Å². The van der Waals surface area contributed by atoms with Crippen LogP contribution in [0.4, 0.5) is 0 Å². The number of hydrogen-bond acceptors (Lipinski definition) is 4. The van der Waals surface area contributed by atoms with E-state index in [9.17, 15) is 4.79 Å². The minimum atomic E-state index is -0.270. The van der Waals surface area contributed by atoms with Crippen LogP contribution in [-0.2, 0) is 0 Å². The molecular weight excluding hydrogens is 406 g/mol. The van der Waals surface area contributed by atoms with Gasteiger partial charge in [0, 0.05) is 27.5 Å². The SMILES string of the molecule is CC1(C)C(NC(=O)c2ccccn2)C(C)(C)C1Oc1ccc(C#N)c(Br)c1. The second-order valence-corrected chi connectivity index (χ2v) is 8.87. The molecule has 1 aromatic heterocycles. The molecule has 0 radical (unpaired) electrons. The van der Waals surface area contributed by atoms with Crippen molar-refractivity contribution in [2.45, 2.75) is 39.8 Å². The molecule has 3 rings (SSSR count). The van der Waals surface area contributed by atoms with Gasteiger partial charge in [-0.05, 0) is 46.3 Å². The van der Waals surface area contributed by atoms with Gasteiger partial charge in [0.15, 0.2) is 0 Å². The lowest BCUT2D eigenvalue weighted by atomic mass is 9.49. The molecule has 1 aliphatic carbocycles. The maximum absolute atomic E-state index is 12.6. The number of nitrogens with one attached hydrogen (secondary N) is 1. The summed E-state index contributed by atoms with van der Waals surface area (Å²) in [6, 6.07) is 12.7. The normalized spacial score (nSPS) is 22.2. The minimum absolute atomic E-state index is 0.0636. The van der Waals surface area contributed by atoms with Crippen LogP contribution in [-0.4, -0.2) is 23.0 Å². The van der Waals surface area contributed by atoms with Crippen LogP contribution in [0.15, 0.2) is 47.1 Å². The maximum atomic E-state index is 12.6. The number of benzene rings is 1. The number of nitrogens with zero attached hydrogens (tertiary/aromatic N) is 2. The molecule has 0 unspecified atom stereocenters. The van der Waals surface area contributed by atoms with E-state index in [1.807, 2.05) is 6.07 Å². The molecular formula is C21H22BrN3O2. The number of aromatic nitrogens is 1. The Bertz CT molecular complexity index is 887. The molecule has 2 aromatic rings. The number of amides is 1. The van der Waals surface area contributed by atoms with Gasteiger partial charge in [-0.3, -0.25) is 9.78 Å². The van der Waals surface area contributed by atoms with Gasteiger partial charge in [0.1, 0.15) is 23.6 Å². The third kappa shape index (κ3) is 3.44. The summed E-state index contributed by atoms with van der Waals surface area (Å²) in [6.45, 7) is 8.35. The summed E-state index contributed by atoms with van der Waals surface area (Å²) >= 11 is 3.40. The van der Waals surface area contributed by atoms with Crippen molar-refractivity contribution < 1.29 is 9.53 Å². The average molecular weight is 428 g/mol. The summed E-state index contributed by atoms with van der Waals surface area (Å²) in [7, 11) is 0. The van der Waals surface area contributed by atoms with Crippen molar-refractivity contribution in [3.63, 3.8) is 0 Å². The molecule has 1 saturated carbocycles. The van der Waals surface area contributed by atoms with Gasteiger partial charge in [0.05, 0.1) is 5.56 Å². The average Bonchev–Trinajstić information content (AvgIpc) is 2.64. The van der Waals surface area contributed by atoms with Crippen LogP contribution in [0.25, 0.3) is 0 Å². The maximum Gasteiger partial charge on any atom is 0.270 e. The van der Waals surface area contributed by atoms with Crippen LogP contribution in [0.2, 0.25) is 0 Å². The third-order valence-electron chi connectivity index (χ3n) is 5.33. The summed E-state index contributed by atoms with van der Waals surface area (Å²) in [5, 5.41) is 12.2. The first-order chi connectivity index (χ1) is 12.7. The third-order valence-corrected chi connectivity index (χ3v) is 5.98. The first kappa shape index (κ1) is 19.4. The Morgan fingerprint density at radius 2 is 1.93 bits per heavy atom. The van der Waals surface area contributed by atoms with Crippen molar-refractivity contribution in [3.8, 4) is 11.8 Å². The lowest BCUT2D eigenvalue weighted by Crippen LogP contribution is -2.74. The van der Waals surface area contributed by atoms with Gasteiger partial charge in [0.25, 0.3) is 5.91 Å². The number of hydrogen-bond donors (Lipinski definition) is 1. The molecule has 1 fully saturated rings. The van der Waals surface area contributed by atoms with Crippen molar-refractivity contribution in [2.75, 3.05) is 0 Å². The van der Waals surface area contributed by atoms with E-state index in [4.69, 9.17) is 10.00 Å². The van der Waals surface area contributed by atoms with Gasteiger partial charge in [-0.15, -0.1) is 0 Å². The number of carbonyl (C=O) groups is 1. The molecule has 0 aliphatic heterocycles. The summed E-state index contributed by atoms with van der Waals surface area (Å²) in [4.78, 5) is 16.7. The van der Waals surface area contributed by atoms with Crippen molar-refractivity contribution in [2.24, 2.45) is 10.8 Å². The van der Waals surface area contributed by atoms with Crippen molar-refractivity contribution in [1.29, 1.82) is 5.26 Å². The van der Waals surface area contributed by atoms with Gasteiger partial charge >= 0.3 is 0 Å². The highest BCUT2D eigenvalue weighted by Gasteiger charge is 2.64. The van der Waals surface area contributed by atoms with Crippen LogP contribution in [0, 0.1) is 22.2 Å². The smallest absolute Gasteiger partial charge is 0.270 e. The second-order valence-electron chi connectivity index (χ2n) is 8.02. The zero-order valence-electron chi connectivity index (χ0n) is 15.8. The molecule has 0 saturated heterocycles. The van der Waals surface area contributed by atoms with Crippen molar-refractivity contribution >= 4 is 21.8 Å². The summed E-state index contributed by atoms with van der Waals surface area (Å²) in [6.07, 6.45) is 1.51. The van der Waals surface area contributed by atoms with Gasteiger partial charge in [-0.25, -0.2) is 0 Å². The van der Waals surface area contributed by atoms with Crippen molar-refractivity contribution in [3.05, 3.63) is 58.3 Å². The quantitative estimate of drug-likeness (QED) is 0.787. The predicted octanol–water partition coefficient (Wildman–Crippen LogP) is 4.33. The zero-order chi connectivity index (χ0) is 19.8. The highest BCUT2D eigenvalue weighted by molar-refractivity contribution is 9.10. The van der Waals surface area contributed by atoms with Gasteiger partial charge in [-0.1, -0.05) is 33.8 Å². The molecule has 1 aromatic carbocycles. The molecule has 140 valence electrons. The Morgan fingerprint density at radius 3 is 2.48 bits per heavy atom. The summed E-state index contributed by atoms with van der Waals surface area (Å²) < 4.78 is 6.98.